The Morgan fingerprint density at radius 1 is 0.968 bits per heavy atom. The van der Waals surface area contributed by atoms with Crippen molar-refractivity contribution < 1.29 is 9.47 Å². The summed E-state index contributed by atoms with van der Waals surface area (Å²) < 4.78 is 11.3. The van der Waals surface area contributed by atoms with E-state index >= 15 is 0 Å². The van der Waals surface area contributed by atoms with Crippen molar-refractivity contribution in [3.8, 4) is 23.6 Å². The van der Waals surface area contributed by atoms with Crippen LogP contribution in [0.1, 0.15) is 22.3 Å². The Morgan fingerprint density at radius 2 is 1.71 bits per heavy atom. The predicted octanol–water partition coefficient (Wildman–Crippen LogP) is 7.17. The lowest BCUT2D eigenvalue weighted by atomic mass is 10.0. The maximum absolute atomic E-state index is 9.58. The minimum atomic E-state index is 0.177. The third-order valence-electron chi connectivity index (χ3n) is 4.40. The number of halogens is 3. The van der Waals surface area contributed by atoms with Crippen molar-refractivity contribution in [3.05, 3.63) is 91.9 Å². The Labute approximate surface area is 195 Å². The van der Waals surface area contributed by atoms with E-state index in [2.05, 4.69) is 12.1 Å². The highest BCUT2D eigenvalue weighted by Crippen LogP contribution is 2.38. The average Bonchev–Trinajstić information content (AvgIpc) is 2.77. The van der Waals surface area contributed by atoms with E-state index in [1.165, 1.54) is 7.11 Å². The number of benzene rings is 3. The molecule has 0 saturated heterocycles. The molecule has 0 radical (unpaired) electrons. The van der Waals surface area contributed by atoms with Crippen LogP contribution in [0.25, 0.3) is 11.6 Å². The fourth-order valence-corrected chi connectivity index (χ4v) is 3.56. The molecular weight excluding hydrogens is 455 g/mol. The lowest BCUT2D eigenvalue weighted by Gasteiger charge is -2.14. The second-order valence-electron chi connectivity index (χ2n) is 6.42. The Bertz CT molecular complexity index is 1220. The molecule has 0 bridgehead atoms. The molecule has 0 heterocycles. The van der Waals surface area contributed by atoms with Crippen molar-refractivity contribution in [2.24, 2.45) is 0 Å². The standard InChI is InChI=1S/C24H15Cl3N2O2/c1-30-23-10-16(8-19(13-29)17-4-2-15(12-28)3-5-17)9-22(27)24(23)31-14-18-6-7-20(25)11-21(18)26/h2-11H,14H2,1H3/b19-8-. The van der Waals surface area contributed by atoms with Gasteiger partial charge >= 0.3 is 0 Å². The number of nitrogens with zero attached hydrogens (tertiary/aromatic N) is 2. The molecule has 4 nitrogen and oxygen atoms in total. The number of nitriles is 2. The second kappa shape index (κ2) is 10.2. The van der Waals surface area contributed by atoms with Gasteiger partial charge in [-0.3, -0.25) is 0 Å². The van der Waals surface area contributed by atoms with Gasteiger partial charge in [0.25, 0.3) is 0 Å². The van der Waals surface area contributed by atoms with Crippen LogP contribution >= 0.6 is 34.8 Å². The lowest BCUT2D eigenvalue weighted by molar-refractivity contribution is 0.285. The molecular formula is C24H15Cl3N2O2. The van der Waals surface area contributed by atoms with E-state index < -0.39 is 0 Å². The zero-order valence-electron chi connectivity index (χ0n) is 16.3. The monoisotopic (exact) mass is 468 g/mol. The highest BCUT2D eigenvalue weighted by Gasteiger charge is 2.14. The summed E-state index contributed by atoms with van der Waals surface area (Å²) in [4.78, 5) is 0. The van der Waals surface area contributed by atoms with Gasteiger partial charge in [-0.15, -0.1) is 0 Å². The first-order valence-electron chi connectivity index (χ1n) is 9.01. The Kier molecular flexibility index (Phi) is 7.45. The Balaban J connectivity index is 1.89. The predicted molar refractivity (Wildman–Crippen MR) is 123 cm³/mol. The molecule has 0 atom stereocenters. The number of methoxy groups -OCH3 is 1. The van der Waals surface area contributed by atoms with Gasteiger partial charge in [-0.2, -0.15) is 10.5 Å². The van der Waals surface area contributed by atoms with E-state index in [-0.39, 0.29) is 6.61 Å². The Hall–Kier alpha value is -3.15. The van der Waals surface area contributed by atoms with Gasteiger partial charge in [-0.1, -0.05) is 53.0 Å². The van der Waals surface area contributed by atoms with Crippen LogP contribution in [0.5, 0.6) is 11.5 Å². The smallest absolute Gasteiger partial charge is 0.180 e. The minimum absolute atomic E-state index is 0.177. The van der Waals surface area contributed by atoms with E-state index in [4.69, 9.17) is 49.5 Å². The van der Waals surface area contributed by atoms with E-state index in [9.17, 15) is 5.26 Å². The van der Waals surface area contributed by atoms with E-state index in [1.807, 2.05) is 0 Å². The summed E-state index contributed by atoms with van der Waals surface area (Å²) in [7, 11) is 1.51. The number of hydrogen-bond donors (Lipinski definition) is 0. The third-order valence-corrected chi connectivity index (χ3v) is 5.26. The van der Waals surface area contributed by atoms with Crippen LogP contribution in [0.4, 0.5) is 0 Å². The van der Waals surface area contributed by atoms with Gasteiger partial charge in [0, 0.05) is 15.6 Å². The molecule has 154 valence electrons. The van der Waals surface area contributed by atoms with Crippen LogP contribution in [-0.2, 0) is 6.61 Å². The Morgan fingerprint density at radius 3 is 2.32 bits per heavy atom. The van der Waals surface area contributed by atoms with E-state index in [0.29, 0.717) is 48.8 Å². The first-order chi connectivity index (χ1) is 14.9. The van der Waals surface area contributed by atoms with Gasteiger partial charge in [0.1, 0.15) is 6.61 Å². The molecule has 3 rings (SSSR count). The topological polar surface area (TPSA) is 66.0 Å². The highest BCUT2D eigenvalue weighted by atomic mass is 35.5. The molecule has 0 aromatic heterocycles. The molecule has 7 heteroatoms. The van der Waals surface area contributed by atoms with Crippen LogP contribution in [0.2, 0.25) is 15.1 Å². The van der Waals surface area contributed by atoms with E-state index in [0.717, 1.165) is 5.56 Å². The van der Waals surface area contributed by atoms with Gasteiger partial charge in [0.15, 0.2) is 11.5 Å². The van der Waals surface area contributed by atoms with Crippen molar-refractivity contribution in [3.63, 3.8) is 0 Å². The molecule has 0 saturated carbocycles. The molecule has 0 aliphatic heterocycles. The van der Waals surface area contributed by atoms with Crippen LogP contribution in [0, 0.1) is 22.7 Å². The van der Waals surface area contributed by atoms with Crippen LogP contribution in [-0.4, -0.2) is 7.11 Å². The number of hydrogen-bond acceptors (Lipinski definition) is 4. The van der Waals surface area contributed by atoms with Crippen molar-refractivity contribution in [1.29, 1.82) is 10.5 Å². The molecule has 0 unspecified atom stereocenters. The van der Waals surface area contributed by atoms with Gasteiger partial charge in [-0.05, 0) is 53.6 Å². The minimum Gasteiger partial charge on any atom is -0.493 e. The van der Waals surface area contributed by atoms with Gasteiger partial charge in [0.2, 0.25) is 0 Å². The highest BCUT2D eigenvalue weighted by molar-refractivity contribution is 6.35. The summed E-state index contributed by atoms with van der Waals surface area (Å²) in [5, 5.41) is 19.9. The second-order valence-corrected chi connectivity index (χ2v) is 7.67. The fourth-order valence-electron chi connectivity index (χ4n) is 2.82. The van der Waals surface area contributed by atoms with Crippen molar-refractivity contribution >= 4 is 46.5 Å². The van der Waals surface area contributed by atoms with Crippen LogP contribution in [0.15, 0.2) is 54.6 Å². The van der Waals surface area contributed by atoms with Gasteiger partial charge in [-0.25, -0.2) is 0 Å². The summed E-state index contributed by atoms with van der Waals surface area (Å²) in [5.74, 6) is 0.783. The average molecular weight is 470 g/mol. The molecule has 0 N–H and O–H groups in total. The molecule has 0 aliphatic rings. The zero-order chi connectivity index (χ0) is 22.4. The molecule has 3 aromatic carbocycles. The molecule has 0 amide bonds. The lowest BCUT2D eigenvalue weighted by Crippen LogP contribution is -1.99. The quantitative estimate of drug-likeness (QED) is 0.283. The van der Waals surface area contributed by atoms with Gasteiger partial charge < -0.3 is 9.47 Å². The molecule has 0 aliphatic carbocycles. The summed E-state index contributed by atoms with van der Waals surface area (Å²) >= 11 is 18.6. The normalized spacial score (nSPS) is 10.8. The number of ether oxygens (including phenoxy) is 2. The molecule has 31 heavy (non-hydrogen) atoms. The number of allylic oxidation sites excluding steroid dienone is 1. The third kappa shape index (κ3) is 5.51. The SMILES string of the molecule is COc1cc(/C=C(/C#N)c2ccc(C#N)cc2)cc(Cl)c1OCc1ccc(Cl)cc1Cl. The van der Waals surface area contributed by atoms with Crippen LogP contribution < -0.4 is 9.47 Å². The maximum atomic E-state index is 9.58. The van der Waals surface area contributed by atoms with Crippen LogP contribution in [0.3, 0.4) is 0 Å². The van der Waals surface area contributed by atoms with Crippen molar-refractivity contribution in [1.82, 2.24) is 0 Å². The summed E-state index contributed by atoms with van der Waals surface area (Å²) in [5.41, 5.74) is 3.05. The number of rotatable bonds is 6. The fraction of sp³-hybridized carbons (Fsp3) is 0.0833. The molecule has 0 fully saturated rings. The summed E-state index contributed by atoms with van der Waals surface area (Å²) in [6, 6.07) is 19.5. The first kappa shape index (κ1) is 22.5. The summed E-state index contributed by atoms with van der Waals surface area (Å²) in [6.45, 7) is 0.177. The maximum Gasteiger partial charge on any atom is 0.180 e. The van der Waals surface area contributed by atoms with E-state index in [1.54, 1.807) is 60.7 Å². The van der Waals surface area contributed by atoms with Crippen molar-refractivity contribution in [2.75, 3.05) is 7.11 Å². The first-order valence-corrected chi connectivity index (χ1v) is 10.1. The molecule has 0 spiro atoms. The summed E-state index contributed by atoms with van der Waals surface area (Å²) in [6.07, 6.45) is 1.69. The van der Waals surface area contributed by atoms with Gasteiger partial charge in [0.05, 0.1) is 35.4 Å². The molecule has 3 aromatic rings. The van der Waals surface area contributed by atoms with Crippen molar-refractivity contribution in [2.45, 2.75) is 6.61 Å². The largest absolute Gasteiger partial charge is 0.493 e. The zero-order valence-corrected chi connectivity index (χ0v) is 18.6.